The van der Waals surface area contributed by atoms with Crippen molar-refractivity contribution in [2.24, 2.45) is 0 Å². The first-order valence-corrected chi connectivity index (χ1v) is 6.50. The highest BCUT2D eigenvalue weighted by molar-refractivity contribution is 9.10. The second-order valence-corrected chi connectivity index (χ2v) is 5.25. The Morgan fingerprint density at radius 2 is 2.39 bits per heavy atom. The number of aliphatic carboxylic acids is 1. The van der Waals surface area contributed by atoms with Crippen LogP contribution in [0.3, 0.4) is 0 Å². The van der Waals surface area contributed by atoms with Crippen LogP contribution < -0.4 is 4.90 Å². The van der Waals surface area contributed by atoms with Crippen LogP contribution in [-0.2, 0) is 4.79 Å². The zero-order valence-corrected chi connectivity index (χ0v) is 11.1. The van der Waals surface area contributed by atoms with Crippen molar-refractivity contribution in [1.82, 2.24) is 5.16 Å². The van der Waals surface area contributed by atoms with Gasteiger partial charge in [-0.3, -0.25) is 0 Å². The first-order chi connectivity index (χ1) is 8.66. The summed E-state index contributed by atoms with van der Waals surface area (Å²) in [5.74, 6) is -0.185. The zero-order chi connectivity index (χ0) is 12.7. The zero-order valence-electron chi connectivity index (χ0n) is 9.47. The van der Waals surface area contributed by atoms with Crippen LogP contribution in [0.5, 0.6) is 0 Å². The highest BCUT2D eigenvalue weighted by Crippen LogP contribution is 2.33. The maximum absolute atomic E-state index is 11.2. The van der Waals surface area contributed by atoms with Crippen molar-refractivity contribution in [2.75, 3.05) is 11.4 Å². The predicted octanol–water partition coefficient (Wildman–Crippen LogP) is 2.64. The third kappa shape index (κ3) is 1.77. The van der Waals surface area contributed by atoms with Gasteiger partial charge in [0, 0.05) is 11.0 Å². The molecule has 0 radical (unpaired) electrons. The molecule has 3 rings (SSSR count). The topological polar surface area (TPSA) is 66.6 Å². The van der Waals surface area contributed by atoms with Gasteiger partial charge in [0.25, 0.3) is 0 Å². The van der Waals surface area contributed by atoms with Gasteiger partial charge < -0.3 is 14.5 Å². The SMILES string of the molecule is O=C(O)C1CCCN1c1noc2ccc(Br)cc12. The summed E-state index contributed by atoms with van der Waals surface area (Å²) in [5, 5.41) is 14.1. The third-order valence-electron chi connectivity index (χ3n) is 3.22. The minimum atomic E-state index is -0.807. The number of carbonyl (C=O) groups is 1. The molecule has 1 aromatic heterocycles. The van der Waals surface area contributed by atoms with E-state index >= 15 is 0 Å². The molecular weight excluding hydrogens is 300 g/mol. The molecule has 94 valence electrons. The predicted molar refractivity (Wildman–Crippen MR) is 69.7 cm³/mol. The smallest absolute Gasteiger partial charge is 0.326 e. The maximum Gasteiger partial charge on any atom is 0.326 e. The molecule has 1 aliphatic heterocycles. The van der Waals surface area contributed by atoms with E-state index in [2.05, 4.69) is 21.1 Å². The lowest BCUT2D eigenvalue weighted by Crippen LogP contribution is -2.36. The second kappa shape index (κ2) is 4.28. The van der Waals surface area contributed by atoms with Crippen LogP contribution in [0.15, 0.2) is 27.2 Å². The van der Waals surface area contributed by atoms with Crippen molar-refractivity contribution in [1.29, 1.82) is 0 Å². The molecule has 0 spiro atoms. The van der Waals surface area contributed by atoms with Gasteiger partial charge in [-0.2, -0.15) is 0 Å². The van der Waals surface area contributed by atoms with E-state index in [-0.39, 0.29) is 0 Å². The highest BCUT2D eigenvalue weighted by atomic mass is 79.9. The summed E-state index contributed by atoms with van der Waals surface area (Å²) in [7, 11) is 0. The monoisotopic (exact) mass is 310 g/mol. The molecule has 2 heterocycles. The number of carboxylic acids is 1. The molecule has 0 bridgehead atoms. The number of benzene rings is 1. The number of hydrogen-bond donors (Lipinski definition) is 1. The molecule has 0 aliphatic carbocycles. The van der Waals surface area contributed by atoms with Crippen LogP contribution in [0.1, 0.15) is 12.8 Å². The fourth-order valence-corrected chi connectivity index (χ4v) is 2.74. The number of rotatable bonds is 2. The normalized spacial score (nSPS) is 19.6. The van der Waals surface area contributed by atoms with Crippen molar-refractivity contribution >= 4 is 38.7 Å². The average molecular weight is 311 g/mol. The van der Waals surface area contributed by atoms with E-state index in [9.17, 15) is 9.90 Å². The van der Waals surface area contributed by atoms with Gasteiger partial charge in [-0.05, 0) is 31.0 Å². The quantitative estimate of drug-likeness (QED) is 0.923. The Bertz CT molecular complexity index is 610. The van der Waals surface area contributed by atoms with Crippen molar-refractivity contribution in [3.05, 3.63) is 22.7 Å². The largest absolute Gasteiger partial charge is 0.480 e. The molecule has 5 nitrogen and oxygen atoms in total. The van der Waals surface area contributed by atoms with Crippen molar-refractivity contribution in [3.8, 4) is 0 Å². The molecule has 1 atom stereocenters. The van der Waals surface area contributed by atoms with Crippen LogP contribution in [0.2, 0.25) is 0 Å². The number of carboxylic acid groups (broad SMARTS) is 1. The summed E-state index contributed by atoms with van der Waals surface area (Å²) in [4.78, 5) is 13.0. The molecule has 6 heteroatoms. The van der Waals surface area contributed by atoms with E-state index in [0.29, 0.717) is 24.4 Å². The molecule has 1 aliphatic rings. The van der Waals surface area contributed by atoms with Gasteiger partial charge in [-0.15, -0.1) is 0 Å². The maximum atomic E-state index is 11.2. The average Bonchev–Trinajstić information content (AvgIpc) is 2.92. The van der Waals surface area contributed by atoms with Crippen LogP contribution in [0.25, 0.3) is 11.0 Å². The van der Waals surface area contributed by atoms with E-state index < -0.39 is 12.0 Å². The first kappa shape index (κ1) is 11.5. The Labute approximate surface area is 111 Å². The van der Waals surface area contributed by atoms with Gasteiger partial charge in [0.1, 0.15) is 6.04 Å². The van der Waals surface area contributed by atoms with Crippen molar-refractivity contribution in [3.63, 3.8) is 0 Å². The van der Waals surface area contributed by atoms with Gasteiger partial charge in [0.2, 0.25) is 0 Å². The minimum Gasteiger partial charge on any atom is -0.480 e. The van der Waals surface area contributed by atoms with Crippen LogP contribution >= 0.6 is 15.9 Å². The summed E-state index contributed by atoms with van der Waals surface area (Å²) in [6.45, 7) is 0.700. The van der Waals surface area contributed by atoms with Crippen LogP contribution in [-0.4, -0.2) is 28.8 Å². The van der Waals surface area contributed by atoms with Crippen LogP contribution in [0.4, 0.5) is 5.82 Å². The Kier molecular flexibility index (Phi) is 2.74. The van der Waals surface area contributed by atoms with Crippen molar-refractivity contribution in [2.45, 2.75) is 18.9 Å². The van der Waals surface area contributed by atoms with E-state index in [1.54, 1.807) is 4.90 Å². The molecule has 0 saturated carbocycles. The molecule has 18 heavy (non-hydrogen) atoms. The Morgan fingerprint density at radius 3 is 3.17 bits per heavy atom. The molecular formula is C12H11BrN2O3. The summed E-state index contributed by atoms with van der Waals surface area (Å²) >= 11 is 3.40. The van der Waals surface area contributed by atoms with Gasteiger partial charge in [0.05, 0.1) is 5.39 Å². The van der Waals surface area contributed by atoms with Gasteiger partial charge >= 0.3 is 5.97 Å². The lowest BCUT2D eigenvalue weighted by atomic mass is 10.2. The highest BCUT2D eigenvalue weighted by Gasteiger charge is 2.33. The molecule has 1 unspecified atom stereocenters. The number of aromatic nitrogens is 1. The van der Waals surface area contributed by atoms with E-state index in [4.69, 9.17) is 4.52 Å². The number of halogens is 1. The second-order valence-electron chi connectivity index (χ2n) is 4.34. The number of anilines is 1. The lowest BCUT2D eigenvalue weighted by molar-refractivity contribution is -0.138. The number of fused-ring (bicyclic) bond motifs is 1. The van der Waals surface area contributed by atoms with E-state index in [1.807, 2.05) is 18.2 Å². The van der Waals surface area contributed by atoms with E-state index in [1.165, 1.54) is 0 Å². The number of hydrogen-bond acceptors (Lipinski definition) is 4. The van der Waals surface area contributed by atoms with Gasteiger partial charge in [-0.1, -0.05) is 21.1 Å². The third-order valence-corrected chi connectivity index (χ3v) is 3.72. The Morgan fingerprint density at radius 1 is 1.56 bits per heavy atom. The molecule has 1 saturated heterocycles. The Balaban J connectivity index is 2.08. The summed E-state index contributed by atoms with van der Waals surface area (Å²) in [5.41, 5.74) is 0.671. The molecule has 2 aromatic rings. The summed E-state index contributed by atoms with van der Waals surface area (Å²) in [6.07, 6.45) is 1.51. The fraction of sp³-hybridized carbons (Fsp3) is 0.333. The standard InChI is InChI=1S/C12H11BrN2O3/c13-7-3-4-10-8(6-7)11(14-18-10)15-5-1-2-9(15)12(16)17/h3-4,6,9H,1-2,5H2,(H,16,17). The molecule has 1 fully saturated rings. The number of nitrogens with zero attached hydrogens (tertiary/aromatic N) is 2. The minimum absolute atomic E-state index is 0.503. The van der Waals surface area contributed by atoms with Gasteiger partial charge in [-0.25, -0.2) is 4.79 Å². The molecule has 1 aromatic carbocycles. The lowest BCUT2D eigenvalue weighted by Gasteiger charge is -2.20. The van der Waals surface area contributed by atoms with E-state index in [0.717, 1.165) is 16.3 Å². The molecule has 1 N–H and O–H groups in total. The Hall–Kier alpha value is -1.56. The van der Waals surface area contributed by atoms with Crippen LogP contribution in [0, 0.1) is 0 Å². The first-order valence-electron chi connectivity index (χ1n) is 5.71. The van der Waals surface area contributed by atoms with Crippen molar-refractivity contribution < 1.29 is 14.4 Å². The summed E-state index contributed by atoms with van der Waals surface area (Å²) in [6, 6.07) is 5.09. The van der Waals surface area contributed by atoms with Gasteiger partial charge in [0.15, 0.2) is 11.4 Å². The summed E-state index contributed by atoms with van der Waals surface area (Å²) < 4.78 is 6.16. The molecule has 0 amide bonds. The fourth-order valence-electron chi connectivity index (χ4n) is 2.38.